The second-order valence-electron chi connectivity index (χ2n) is 6.50. The highest BCUT2D eigenvalue weighted by Gasteiger charge is 2.11. The molecule has 1 heterocycles. The molecule has 2 N–H and O–H groups in total. The smallest absolute Gasteiger partial charge is 0.258 e. The van der Waals surface area contributed by atoms with Gasteiger partial charge in [0.15, 0.2) is 6.61 Å². The summed E-state index contributed by atoms with van der Waals surface area (Å²) >= 11 is 0. The second kappa shape index (κ2) is 7.05. The molecule has 2 aromatic rings. The van der Waals surface area contributed by atoms with Crippen molar-refractivity contribution in [1.29, 1.82) is 0 Å². The lowest BCUT2D eigenvalue weighted by Crippen LogP contribution is -2.28. The first kappa shape index (κ1) is 16.5. The van der Waals surface area contributed by atoms with E-state index in [-0.39, 0.29) is 12.5 Å². The van der Waals surface area contributed by atoms with Crippen molar-refractivity contribution in [2.75, 3.05) is 6.61 Å². The number of hydrogen-bond donors (Lipinski definition) is 2. The van der Waals surface area contributed by atoms with Crippen LogP contribution in [0.4, 0.5) is 0 Å². The minimum absolute atomic E-state index is 0.0389. The fraction of sp³-hybridized carbons (Fsp3) is 0.350. The third kappa shape index (κ3) is 3.77. The fourth-order valence-corrected chi connectivity index (χ4v) is 3.24. The van der Waals surface area contributed by atoms with E-state index in [4.69, 9.17) is 4.74 Å². The van der Waals surface area contributed by atoms with Gasteiger partial charge in [-0.2, -0.15) is 0 Å². The van der Waals surface area contributed by atoms with Gasteiger partial charge in [0.05, 0.1) is 0 Å². The van der Waals surface area contributed by atoms with Crippen LogP contribution < -0.4 is 15.4 Å². The van der Waals surface area contributed by atoms with E-state index in [9.17, 15) is 4.79 Å². The number of aryl methyl sites for hydroxylation is 3. The summed E-state index contributed by atoms with van der Waals surface area (Å²) in [7, 11) is 0. The fourth-order valence-electron chi connectivity index (χ4n) is 3.24. The maximum absolute atomic E-state index is 12.1. The number of rotatable bonds is 5. The van der Waals surface area contributed by atoms with Gasteiger partial charge in [0, 0.05) is 19.6 Å². The number of ether oxygens (including phenoxy) is 1. The van der Waals surface area contributed by atoms with Gasteiger partial charge in [-0.25, -0.2) is 0 Å². The van der Waals surface area contributed by atoms with Crippen LogP contribution in [0.2, 0.25) is 0 Å². The van der Waals surface area contributed by atoms with Crippen molar-refractivity contribution >= 4 is 5.91 Å². The van der Waals surface area contributed by atoms with E-state index < -0.39 is 0 Å². The highest BCUT2D eigenvalue weighted by atomic mass is 16.5. The Morgan fingerprint density at radius 2 is 1.79 bits per heavy atom. The summed E-state index contributed by atoms with van der Waals surface area (Å²) in [4.78, 5) is 12.1. The zero-order chi connectivity index (χ0) is 17.1. The molecule has 0 unspecified atom stereocenters. The van der Waals surface area contributed by atoms with Crippen molar-refractivity contribution < 1.29 is 9.53 Å². The van der Waals surface area contributed by atoms with E-state index in [2.05, 4.69) is 47.9 Å². The van der Waals surface area contributed by atoms with E-state index >= 15 is 0 Å². The zero-order valence-corrected chi connectivity index (χ0v) is 14.5. The molecule has 2 aromatic carbocycles. The predicted molar refractivity (Wildman–Crippen MR) is 95.0 cm³/mol. The van der Waals surface area contributed by atoms with Crippen LogP contribution in [0.25, 0.3) is 0 Å². The van der Waals surface area contributed by atoms with E-state index in [0.717, 1.165) is 35.5 Å². The van der Waals surface area contributed by atoms with Crippen molar-refractivity contribution in [3.8, 4) is 5.75 Å². The molecule has 1 aliphatic rings. The largest absolute Gasteiger partial charge is 0.483 e. The summed E-state index contributed by atoms with van der Waals surface area (Å²) in [6, 6.07) is 10.5. The molecule has 0 aliphatic carbocycles. The summed E-state index contributed by atoms with van der Waals surface area (Å²) in [6.07, 6.45) is 0. The minimum Gasteiger partial charge on any atom is -0.483 e. The zero-order valence-electron chi connectivity index (χ0n) is 14.5. The summed E-state index contributed by atoms with van der Waals surface area (Å²) in [5.41, 5.74) is 7.11. The Balaban J connectivity index is 1.53. The third-order valence-electron chi connectivity index (χ3n) is 4.34. The van der Waals surface area contributed by atoms with Crippen LogP contribution in [-0.2, 0) is 24.4 Å². The maximum atomic E-state index is 12.1. The Morgan fingerprint density at radius 3 is 2.54 bits per heavy atom. The molecule has 0 atom stereocenters. The number of carbonyl (C=O) groups is 1. The van der Waals surface area contributed by atoms with E-state index in [1.807, 2.05) is 13.8 Å². The van der Waals surface area contributed by atoms with Crippen molar-refractivity contribution in [3.63, 3.8) is 0 Å². The van der Waals surface area contributed by atoms with E-state index in [1.165, 1.54) is 16.7 Å². The van der Waals surface area contributed by atoms with E-state index in [0.29, 0.717) is 6.54 Å². The molecule has 1 aliphatic heterocycles. The van der Waals surface area contributed by atoms with Crippen LogP contribution in [0.1, 0.15) is 33.4 Å². The molecule has 0 radical (unpaired) electrons. The first-order valence-electron chi connectivity index (χ1n) is 8.31. The Hall–Kier alpha value is -2.33. The summed E-state index contributed by atoms with van der Waals surface area (Å²) in [5, 5.41) is 6.25. The average molecular weight is 324 g/mol. The molecule has 0 fully saturated rings. The molecule has 3 rings (SSSR count). The van der Waals surface area contributed by atoms with Crippen LogP contribution in [-0.4, -0.2) is 12.5 Å². The standard InChI is InChI=1S/C20H24N2O2/c1-13-6-14(2)20(15(3)7-13)24-12-19(23)22-9-16-4-5-17-10-21-11-18(17)8-16/h4-8,21H,9-12H2,1-3H3,(H,22,23). The van der Waals surface area contributed by atoms with Gasteiger partial charge in [-0.05, 0) is 48.6 Å². The Labute approximate surface area is 143 Å². The quantitative estimate of drug-likeness (QED) is 0.889. The average Bonchev–Trinajstić information content (AvgIpc) is 2.99. The van der Waals surface area contributed by atoms with Gasteiger partial charge in [0.2, 0.25) is 0 Å². The van der Waals surface area contributed by atoms with Crippen molar-refractivity contribution in [3.05, 3.63) is 63.7 Å². The van der Waals surface area contributed by atoms with Gasteiger partial charge in [-0.15, -0.1) is 0 Å². The van der Waals surface area contributed by atoms with Crippen LogP contribution >= 0.6 is 0 Å². The molecule has 0 saturated heterocycles. The van der Waals surface area contributed by atoms with Gasteiger partial charge >= 0.3 is 0 Å². The second-order valence-corrected chi connectivity index (χ2v) is 6.50. The van der Waals surface area contributed by atoms with Crippen molar-refractivity contribution in [2.45, 2.75) is 40.4 Å². The number of fused-ring (bicyclic) bond motifs is 1. The summed E-state index contributed by atoms with van der Waals surface area (Å²) in [6.45, 7) is 8.48. The first-order chi connectivity index (χ1) is 11.5. The molecule has 0 aromatic heterocycles. The van der Waals surface area contributed by atoms with Gasteiger partial charge < -0.3 is 15.4 Å². The Bertz CT molecular complexity index is 745. The summed E-state index contributed by atoms with van der Waals surface area (Å²) < 4.78 is 5.72. The summed E-state index contributed by atoms with van der Waals surface area (Å²) in [5.74, 6) is 0.701. The van der Waals surface area contributed by atoms with Gasteiger partial charge in [0.1, 0.15) is 5.75 Å². The lowest BCUT2D eigenvalue weighted by molar-refractivity contribution is -0.123. The number of amides is 1. The lowest BCUT2D eigenvalue weighted by Gasteiger charge is -2.13. The molecular weight excluding hydrogens is 300 g/mol. The number of nitrogens with one attached hydrogen (secondary N) is 2. The van der Waals surface area contributed by atoms with Crippen molar-refractivity contribution in [2.24, 2.45) is 0 Å². The van der Waals surface area contributed by atoms with Gasteiger partial charge in [0.25, 0.3) is 5.91 Å². The first-order valence-corrected chi connectivity index (χ1v) is 8.31. The molecular formula is C20H24N2O2. The minimum atomic E-state index is -0.104. The highest BCUT2D eigenvalue weighted by Crippen LogP contribution is 2.24. The van der Waals surface area contributed by atoms with Gasteiger partial charge in [-0.3, -0.25) is 4.79 Å². The molecule has 1 amide bonds. The van der Waals surface area contributed by atoms with Crippen LogP contribution in [0.3, 0.4) is 0 Å². The lowest BCUT2D eigenvalue weighted by atomic mass is 10.1. The topological polar surface area (TPSA) is 50.4 Å². The van der Waals surface area contributed by atoms with Crippen LogP contribution in [0, 0.1) is 20.8 Å². The Kier molecular flexibility index (Phi) is 4.86. The third-order valence-corrected chi connectivity index (χ3v) is 4.34. The van der Waals surface area contributed by atoms with E-state index in [1.54, 1.807) is 0 Å². The molecule has 24 heavy (non-hydrogen) atoms. The number of hydrogen-bond acceptors (Lipinski definition) is 3. The highest BCUT2D eigenvalue weighted by molar-refractivity contribution is 5.77. The normalized spacial score (nSPS) is 12.8. The molecule has 126 valence electrons. The van der Waals surface area contributed by atoms with Crippen molar-refractivity contribution in [1.82, 2.24) is 10.6 Å². The molecule has 0 spiro atoms. The van der Waals surface area contributed by atoms with Crippen LogP contribution in [0.5, 0.6) is 5.75 Å². The molecule has 4 heteroatoms. The maximum Gasteiger partial charge on any atom is 0.258 e. The SMILES string of the molecule is Cc1cc(C)c(OCC(=O)NCc2ccc3c(c2)CNC3)c(C)c1. The molecule has 0 saturated carbocycles. The Morgan fingerprint density at radius 1 is 1.08 bits per heavy atom. The predicted octanol–water partition coefficient (Wildman–Crippen LogP) is 2.91. The van der Waals surface area contributed by atoms with Gasteiger partial charge in [-0.1, -0.05) is 35.9 Å². The van der Waals surface area contributed by atoms with Crippen LogP contribution in [0.15, 0.2) is 30.3 Å². The number of benzene rings is 2. The monoisotopic (exact) mass is 324 g/mol. The molecule has 0 bridgehead atoms. The number of carbonyl (C=O) groups excluding carboxylic acids is 1. The molecule has 4 nitrogen and oxygen atoms in total.